The van der Waals surface area contributed by atoms with E-state index in [0.29, 0.717) is 24.2 Å². The average Bonchev–Trinajstić information content (AvgIpc) is 3.10. The van der Waals surface area contributed by atoms with Crippen LogP contribution in [0.4, 0.5) is 0 Å². The molecule has 3 heterocycles. The molecule has 1 aliphatic rings. The molecule has 3 aromatic heterocycles. The summed E-state index contributed by atoms with van der Waals surface area (Å²) in [6.45, 7) is 1.22. The van der Waals surface area contributed by atoms with Crippen LogP contribution in [-0.2, 0) is 6.54 Å². The van der Waals surface area contributed by atoms with Crippen LogP contribution in [0.1, 0.15) is 41.7 Å². The summed E-state index contributed by atoms with van der Waals surface area (Å²) in [6, 6.07) is 7.61. The van der Waals surface area contributed by atoms with Gasteiger partial charge in [-0.2, -0.15) is 0 Å². The quantitative estimate of drug-likeness (QED) is 0.720. The predicted molar refractivity (Wildman–Crippen MR) is 99.8 cm³/mol. The predicted octanol–water partition coefficient (Wildman–Crippen LogP) is 3.10. The number of fused-ring (bicyclic) bond motifs is 1. The highest BCUT2D eigenvalue weighted by molar-refractivity contribution is 5.96. The van der Waals surface area contributed by atoms with E-state index in [1.54, 1.807) is 24.8 Å². The molecule has 3 aromatic rings. The SMILES string of the molecule is O=C(NCC1=CCCCC1)c1cnc2c(c1)ncn2Cc1ccccn1. The summed E-state index contributed by atoms with van der Waals surface area (Å²) in [5.41, 5.74) is 4.26. The van der Waals surface area contributed by atoms with Gasteiger partial charge in [-0.25, -0.2) is 9.97 Å². The Morgan fingerprint density at radius 2 is 2.15 bits per heavy atom. The van der Waals surface area contributed by atoms with Crippen molar-refractivity contribution in [3.8, 4) is 0 Å². The number of pyridine rings is 2. The van der Waals surface area contributed by atoms with E-state index in [1.165, 1.54) is 18.4 Å². The number of amides is 1. The summed E-state index contributed by atoms with van der Waals surface area (Å²) < 4.78 is 1.94. The van der Waals surface area contributed by atoms with Gasteiger partial charge in [0.1, 0.15) is 5.52 Å². The van der Waals surface area contributed by atoms with Crippen LogP contribution in [0.2, 0.25) is 0 Å². The van der Waals surface area contributed by atoms with E-state index in [9.17, 15) is 4.79 Å². The third-order valence-corrected chi connectivity index (χ3v) is 4.64. The van der Waals surface area contributed by atoms with Gasteiger partial charge in [-0.1, -0.05) is 17.7 Å². The summed E-state index contributed by atoms with van der Waals surface area (Å²) in [4.78, 5) is 25.6. The third-order valence-electron chi connectivity index (χ3n) is 4.64. The second kappa shape index (κ2) is 7.47. The van der Waals surface area contributed by atoms with Crippen molar-refractivity contribution in [1.82, 2.24) is 24.8 Å². The number of rotatable bonds is 5. The molecule has 1 aliphatic carbocycles. The molecular formula is C20H21N5O. The van der Waals surface area contributed by atoms with Gasteiger partial charge in [0.2, 0.25) is 0 Å². The zero-order chi connectivity index (χ0) is 17.8. The number of nitrogens with one attached hydrogen (secondary N) is 1. The van der Waals surface area contributed by atoms with E-state index in [-0.39, 0.29) is 5.91 Å². The van der Waals surface area contributed by atoms with E-state index < -0.39 is 0 Å². The van der Waals surface area contributed by atoms with Crippen LogP contribution in [0, 0.1) is 0 Å². The number of imidazole rings is 1. The molecule has 0 radical (unpaired) electrons. The summed E-state index contributed by atoms with van der Waals surface area (Å²) in [7, 11) is 0. The Kier molecular flexibility index (Phi) is 4.73. The minimum atomic E-state index is -0.106. The Morgan fingerprint density at radius 3 is 2.96 bits per heavy atom. The van der Waals surface area contributed by atoms with Gasteiger partial charge in [-0.3, -0.25) is 9.78 Å². The number of allylic oxidation sites excluding steroid dienone is 1. The largest absolute Gasteiger partial charge is 0.348 e. The minimum absolute atomic E-state index is 0.106. The van der Waals surface area contributed by atoms with Gasteiger partial charge >= 0.3 is 0 Å². The van der Waals surface area contributed by atoms with Gasteiger partial charge in [-0.15, -0.1) is 0 Å². The molecular weight excluding hydrogens is 326 g/mol. The first-order valence-electron chi connectivity index (χ1n) is 8.96. The van der Waals surface area contributed by atoms with Crippen LogP contribution in [0.5, 0.6) is 0 Å². The first kappa shape index (κ1) is 16.4. The standard InChI is InChI=1S/C20H21N5O/c26-20(23-11-15-6-2-1-3-7-15)16-10-18-19(22-12-16)25(14-24-18)13-17-8-4-5-9-21-17/h4-6,8-10,12,14H,1-3,7,11,13H2,(H,23,26). The third kappa shape index (κ3) is 3.64. The highest BCUT2D eigenvalue weighted by Gasteiger charge is 2.12. The summed E-state index contributed by atoms with van der Waals surface area (Å²) in [5, 5.41) is 2.99. The van der Waals surface area contributed by atoms with Crippen molar-refractivity contribution < 1.29 is 4.79 Å². The maximum Gasteiger partial charge on any atom is 0.253 e. The second-order valence-electron chi connectivity index (χ2n) is 6.55. The molecule has 4 rings (SSSR count). The fourth-order valence-electron chi connectivity index (χ4n) is 3.22. The van der Waals surface area contributed by atoms with Crippen molar-refractivity contribution in [3.05, 3.63) is 65.9 Å². The Labute approximate surface area is 152 Å². The molecule has 0 saturated heterocycles. The highest BCUT2D eigenvalue weighted by Crippen LogP contribution is 2.17. The van der Waals surface area contributed by atoms with Gasteiger partial charge < -0.3 is 9.88 Å². The van der Waals surface area contributed by atoms with Crippen LogP contribution in [0.15, 0.2) is 54.6 Å². The first-order valence-corrected chi connectivity index (χ1v) is 8.96. The molecule has 6 heteroatoms. The van der Waals surface area contributed by atoms with Gasteiger partial charge in [0, 0.05) is 18.9 Å². The minimum Gasteiger partial charge on any atom is -0.348 e. The topological polar surface area (TPSA) is 72.7 Å². The molecule has 26 heavy (non-hydrogen) atoms. The number of nitrogens with zero attached hydrogens (tertiary/aromatic N) is 4. The number of hydrogen-bond acceptors (Lipinski definition) is 4. The number of carbonyl (C=O) groups is 1. The molecule has 0 fully saturated rings. The molecule has 6 nitrogen and oxygen atoms in total. The lowest BCUT2D eigenvalue weighted by Crippen LogP contribution is -2.26. The van der Waals surface area contributed by atoms with Gasteiger partial charge in [-0.05, 0) is 43.9 Å². The van der Waals surface area contributed by atoms with Crippen molar-refractivity contribution in [1.29, 1.82) is 0 Å². The lowest BCUT2D eigenvalue weighted by molar-refractivity contribution is 0.0956. The van der Waals surface area contributed by atoms with Crippen molar-refractivity contribution >= 4 is 17.1 Å². The molecule has 0 aromatic carbocycles. The van der Waals surface area contributed by atoms with Crippen LogP contribution in [0.3, 0.4) is 0 Å². The fourth-order valence-corrected chi connectivity index (χ4v) is 3.22. The Bertz CT molecular complexity index is 945. The lowest BCUT2D eigenvalue weighted by Gasteiger charge is -2.13. The van der Waals surface area contributed by atoms with E-state index in [2.05, 4.69) is 26.3 Å². The molecule has 132 valence electrons. The molecule has 0 bridgehead atoms. The Balaban J connectivity index is 1.47. The summed E-state index contributed by atoms with van der Waals surface area (Å²) in [6.07, 6.45) is 12.0. The summed E-state index contributed by atoms with van der Waals surface area (Å²) >= 11 is 0. The summed E-state index contributed by atoms with van der Waals surface area (Å²) in [5.74, 6) is -0.106. The smallest absolute Gasteiger partial charge is 0.253 e. The van der Waals surface area contributed by atoms with Crippen molar-refractivity contribution in [2.24, 2.45) is 0 Å². The van der Waals surface area contributed by atoms with Crippen LogP contribution < -0.4 is 5.32 Å². The van der Waals surface area contributed by atoms with Crippen LogP contribution in [0.25, 0.3) is 11.2 Å². The zero-order valence-corrected chi connectivity index (χ0v) is 14.6. The molecule has 0 spiro atoms. The molecule has 0 atom stereocenters. The normalized spacial score (nSPS) is 14.2. The molecule has 1 N–H and O–H groups in total. The fraction of sp³-hybridized carbons (Fsp3) is 0.300. The maximum atomic E-state index is 12.4. The van der Waals surface area contributed by atoms with Crippen molar-refractivity contribution in [2.45, 2.75) is 32.2 Å². The van der Waals surface area contributed by atoms with E-state index >= 15 is 0 Å². The van der Waals surface area contributed by atoms with E-state index in [1.807, 2.05) is 22.8 Å². The molecule has 0 saturated carbocycles. The number of carbonyl (C=O) groups excluding carboxylic acids is 1. The van der Waals surface area contributed by atoms with Crippen LogP contribution >= 0.6 is 0 Å². The molecule has 1 amide bonds. The number of aromatic nitrogens is 4. The average molecular weight is 347 g/mol. The molecule has 0 aliphatic heterocycles. The monoisotopic (exact) mass is 347 g/mol. The van der Waals surface area contributed by atoms with Crippen molar-refractivity contribution in [2.75, 3.05) is 6.54 Å². The Morgan fingerprint density at radius 1 is 1.19 bits per heavy atom. The molecule has 0 unspecified atom stereocenters. The maximum absolute atomic E-state index is 12.4. The van der Waals surface area contributed by atoms with Gasteiger partial charge in [0.15, 0.2) is 5.65 Å². The Hall–Kier alpha value is -3.02. The van der Waals surface area contributed by atoms with E-state index in [0.717, 1.165) is 24.2 Å². The highest BCUT2D eigenvalue weighted by atomic mass is 16.1. The zero-order valence-electron chi connectivity index (χ0n) is 14.6. The van der Waals surface area contributed by atoms with Gasteiger partial charge in [0.25, 0.3) is 5.91 Å². The lowest BCUT2D eigenvalue weighted by atomic mass is 10.00. The van der Waals surface area contributed by atoms with Crippen LogP contribution in [-0.4, -0.2) is 32.0 Å². The van der Waals surface area contributed by atoms with E-state index in [4.69, 9.17) is 0 Å². The number of hydrogen-bond donors (Lipinski definition) is 1. The van der Waals surface area contributed by atoms with Crippen molar-refractivity contribution in [3.63, 3.8) is 0 Å². The van der Waals surface area contributed by atoms with Gasteiger partial charge in [0.05, 0.1) is 24.1 Å². The second-order valence-corrected chi connectivity index (χ2v) is 6.55. The first-order chi connectivity index (χ1) is 12.8.